The molecular formula is C19H19F2N5. The van der Waals surface area contributed by atoms with E-state index in [1.54, 1.807) is 6.20 Å². The minimum Gasteiger partial charge on any atom is -0.341 e. The Bertz CT molecular complexity index is 883. The van der Waals surface area contributed by atoms with Gasteiger partial charge in [0.25, 0.3) is 0 Å². The molecule has 26 heavy (non-hydrogen) atoms. The Kier molecular flexibility index (Phi) is 4.21. The van der Waals surface area contributed by atoms with Gasteiger partial charge in [0.05, 0.1) is 17.6 Å². The second-order valence-corrected chi connectivity index (χ2v) is 6.90. The lowest BCUT2D eigenvalue weighted by Crippen LogP contribution is -2.34. The average Bonchev–Trinajstić information content (AvgIpc) is 3.10. The van der Waals surface area contributed by atoms with Gasteiger partial charge >= 0.3 is 0 Å². The molecule has 1 atom stereocenters. The maximum absolute atomic E-state index is 14.5. The normalized spacial score (nSPS) is 21.2. The van der Waals surface area contributed by atoms with Crippen molar-refractivity contribution in [1.82, 2.24) is 15.1 Å². The molecule has 3 heterocycles. The van der Waals surface area contributed by atoms with Crippen LogP contribution in [-0.4, -0.2) is 35.2 Å². The molecule has 134 valence electrons. The molecule has 0 amide bonds. The third-order valence-electron chi connectivity index (χ3n) is 5.35. The SMILES string of the molecule is CN1CCC(C2=C(C#N)C(c3c(F)cccc3F)c3c[nH]nc3N2)CC1. The lowest BCUT2D eigenvalue weighted by Gasteiger charge is -2.35. The first-order valence-corrected chi connectivity index (χ1v) is 8.67. The summed E-state index contributed by atoms with van der Waals surface area (Å²) in [7, 11) is 2.06. The van der Waals surface area contributed by atoms with Crippen molar-refractivity contribution < 1.29 is 8.78 Å². The molecule has 0 saturated carbocycles. The van der Waals surface area contributed by atoms with Gasteiger partial charge in [-0.25, -0.2) is 8.78 Å². The van der Waals surface area contributed by atoms with Crippen LogP contribution < -0.4 is 5.32 Å². The van der Waals surface area contributed by atoms with E-state index in [0.717, 1.165) is 31.6 Å². The van der Waals surface area contributed by atoms with Gasteiger partial charge in [-0.15, -0.1) is 0 Å². The predicted octanol–water partition coefficient (Wildman–Crippen LogP) is 3.36. The molecule has 0 aliphatic carbocycles. The van der Waals surface area contributed by atoms with Gasteiger partial charge in [0, 0.05) is 28.9 Å². The second-order valence-electron chi connectivity index (χ2n) is 6.90. The van der Waals surface area contributed by atoms with Crippen molar-refractivity contribution in [2.45, 2.75) is 18.8 Å². The van der Waals surface area contributed by atoms with Gasteiger partial charge in [0.15, 0.2) is 5.82 Å². The zero-order chi connectivity index (χ0) is 18.3. The summed E-state index contributed by atoms with van der Waals surface area (Å²) < 4.78 is 29.1. The summed E-state index contributed by atoms with van der Waals surface area (Å²) in [5.41, 5.74) is 1.60. The summed E-state index contributed by atoms with van der Waals surface area (Å²) in [6, 6.07) is 6.01. The molecule has 1 saturated heterocycles. The Morgan fingerprint density at radius 1 is 1.23 bits per heavy atom. The molecule has 1 aromatic carbocycles. The molecule has 1 aromatic heterocycles. The van der Waals surface area contributed by atoms with E-state index in [0.29, 0.717) is 17.0 Å². The molecule has 0 radical (unpaired) electrons. The van der Waals surface area contributed by atoms with Crippen molar-refractivity contribution in [1.29, 1.82) is 5.26 Å². The van der Waals surface area contributed by atoms with Crippen LogP contribution >= 0.6 is 0 Å². The van der Waals surface area contributed by atoms with Crippen LogP contribution in [0, 0.1) is 28.9 Å². The maximum Gasteiger partial charge on any atom is 0.156 e. The fourth-order valence-electron chi connectivity index (χ4n) is 3.96. The van der Waals surface area contributed by atoms with Gasteiger partial charge in [0.1, 0.15) is 11.6 Å². The Balaban J connectivity index is 1.87. The molecule has 5 nitrogen and oxygen atoms in total. The quantitative estimate of drug-likeness (QED) is 0.867. The Hall–Kier alpha value is -2.72. The van der Waals surface area contributed by atoms with E-state index < -0.39 is 17.6 Å². The number of rotatable bonds is 2. The lowest BCUT2D eigenvalue weighted by atomic mass is 9.78. The van der Waals surface area contributed by atoms with Crippen LogP contribution in [0.2, 0.25) is 0 Å². The maximum atomic E-state index is 14.5. The molecule has 0 bridgehead atoms. The third-order valence-corrected chi connectivity index (χ3v) is 5.35. The number of likely N-dealkylation sites (tertiary alicyclic amines) is 1. The smallest absolute Gasteiger partial charge is 0.156 e. The van der Waals surface area contributed by atoms with Crippen molar-refractivity contribution in [3.05, 3.63) is 58.4 Å². The van der Waals surface area contributed by atoms with Crippen LogP contribution in [0.25, 0.3) is 0 Å². The number of allylic oxidation sites excluding steroid dienone is 2. The Morgan fingerprint density at radius 3 is 2.58 bits per heavy atom. The van der Waals surface area contributed by atoms with E-state index in [4.69, 9.17) is 0 Å². The number of benzene rings is 1. The first kappa shape index (κ1) is 16.7. The number of halogens is 2. The van der Waals surface area contributed by atoms with Gasteiger partial charge in [-0.2, -0.15) is 10.4 Å². The van der Waals surface area contributed by atoms with Crippen molar-refractivity contribution >= 4 is 5.82 Å². The zero-order valence-corrected chi connectivity index (χ0v) is 14.4. The van der Waals surface area contributed by atoms with Crippen molar-refractivity contribution in [2.75, 3.05) is 25.5 Å². The third kappa shape index (κ3) is 2.67. The van der Waals surface area contributed by atoms with Crippen LogP contribution in [-0.2, 0) is 0 Å². The second kappa shape index (κ2) is 6.54. The lowest BCUT2D eigenvalue weighted by molar-refractivity contribution is 0.238. The topological polar surface area (TPSA) is 67.7 Å². The average molecular weight is 355 g/mol. The van der Waals surface area contributed by atoms with Crippen LogP contribution in [0.5, 0.6) is 0 Å². The molecule has 2 aromatic rings. The largest absolute Gasteiger partial charge is 0.341 e. The molecule has 2 aliphatic rings. The van der Waals surface area contributed by atoms with Crippen molar-refractivity contribution in [2.24, 2.45) is 5.92 Å². The number of piperidine rings is 1. The van der Waals surface area contributed by atoms with E-state index in [1.165, 1.54) is 18.2 Å². The number of H-pyrrole nitrogens is 1. The number of anilines is 1. The molecule has 2 N–H and O–H groups in total. The Morgan fingerprint density at radius 2 is 1.92 bits per heavy atom. The summed E-state index contributed by atoms with van der Waals surface area (Å²) in [5, 5.41) is 20.1. The number of nitrogens with one attached hydrogen (secondary N) is 2. The summed E-state index contributed by atoms with van der Waals surface area (Å²) in [6.07, 6.45) is 3.37. The summed E-state index contributed by atoms with van der Waals surface area (Å²) in [6.45, 7) is 1.83. The molecule has 1 unspecified atom stereocenters. The molecule has 2 aliphatic heterocycles. The van der Waals surface area contributed by atoms with Crippen molar-refractivity contribution in [3.8, 4) is 6.07 Å². The number of nitrogens with zero attached hydrogens (tertiary/aromatic N) is 3. The number of hydrogen-bond donors (Lipinski definition) is 2. The highest BCUT2D eigenvalue weighted by molar-refractivity contribution is 5.65. The number of fused-ring (bicyclic) bond motifs is 1. The monoisotopic (exact) mass is 355 g/mol. The first-order valence-electron chi connectivity index (χ1n) is 8.67. The van der Waals surface area contributed by atoms with Crippen LogP contribution in [0.4, 0.5) is 14.6 Å². The zero-order valence-electron chi connectivity index (χ0n) is 14.4. The summed E-state index contributed by atoms with van der Waals surface area (Å²) >= 11 is 0. The fraction of sp³-hybridized carbons (Fsp3) is 0.368. The molecule has 1 fully saturated rings. The number of hydrogen-bond acceptors (Lipinski definition) is 4. The highest BCUT2D eigenvalue weighted by Gasteiger charge is 2.37. The molecular weight excluding hydrogens is 336 g/mol. The predicted molar refractivity (Wildman–Crippen MR) is 93.3 cm³/mol. The van der Waals surface area contributed by atoms with Crippen molar-refractivity contribution in [3.63, 3.8) is 0 Å². The minimum atomic E-state index is -0.800. The summed E-state index contributed by atoms with van der Waals surface area (Å²) in [4.78, 5) is 2.24. The van der Waals surface area contributed by atoms with E-state index in [2.05, 4.69) is 33.5 Å². The standard InChI is InChI=1S/C19H19F2N5/c1-26-7-5-11(6-8-26)18-12(9-22)16(13-10-23-25-19(13)24-18)17-14(20)3-2-4-15(17)21/h2-4,10-11,16H,5-8H2,1H3,(H2,23,24,25). The molecule has 4 rings (SSSR count). The van der Waals surface area contributed by atoms with Gasteiger partial charge in [-0.05, 0) is 45.1 Å². The van der Waals surface area contributed by atoms with E-state index in [9.17, 15) is 14.0 Å². The number of aromatic nitrogens is 2. The van der Waals surface area contributed by atoms with Gasteiger partial charge in [0.2, 0.25) is 0 Å². The van der Waals surface area contributed by atoms with Crippen LogP contribution in [0.15, 0.2) is 35.7 Å². The number of nitriles is 1. The van der Waals surface area contributed by atoms with Crippen LogP contribution in [0.3, 0.4) is 0 Å². The Labute approximate surface area is 150 Å². The fourth-order valence-corrected chi connectivity index (χ4v) is 3.96. The minimum absolute atomic E-state index is 0.0985. The molecule has 0 spiro atoms. The van der Waals surface area contributed by atoms with Crippen LogP contribution in [0.1, 0.15) is 29.9 Å². The number of aromatic amines is 1. The van der Waals surface area contributed by atoms with E-state index in [1.807, 2.05) is 0 Å². The highest BCUT2D eigenvalue weighted by Crippen LogP contribution is 2.45. The highest BCUT2D eigenvalue weighted by atomic mass is 19.1. The van der Waals surface area contributed by atoms with E-state index in [-0.39, 0.29) is 11.5 Å². The molecule has 7 heteroatoms. The van der Waals surface area contributed by atoms with Gasteiger partial charge < -0.3 is 10.2 Å². The summed E-state index contributed by atoms with van der Waals surface area (Å²) in [5.74, 6) is -1.43. The van der Waals surface area contributed by atoms with Gasteiger partial charge in [-0.1, -0.05) is 6.07 Å². The van der Waals surface area contributed by atoms with Gasteiger partial charge in [-0.3, -0.25) is 5.10 Å². The first-order chi connectivity index (χ1) is 12.6. The van der Waals surface area contributed by atoms with E-state index >= 15 is 0 Å².